The number of rotatable bonds is 3. The Labute approximate surface area is 188 Å². The predicted octanol–water partition coefficient (Wildman–Crippen LogP) is 3.52. The lowest BCUT2D eigenvalue weighted by atomic mass is 9.81. The summed E-state index contributed by atoms with van der Waals surface area (Å²) in [5.41, 5.74) is 8.41. The number of ether oxygens (including phenoxy) is 2. The first-order valence-corrected chi connectivity index (χ1v) is 10.6. The summed E-state index contributed by atoms with van der Waals surface area (Å²) in [4.78, 5) is 20.6. The van der Waals surface area contributed by atoms with E-state index in [1.807, 2.05) is 6.92 Å². The third-order valence-electron chi connectivity index (χ3n) is 6.05. The lowest BCUT2D eigenvalue weighted by Gasteiger charge is -2.30. The van der Waals surface area contributed by atoms with E-state index in [0.29, 0.717) is 48.2 Å². The van der Waals surface area contributed by atoms with Crippen LogP contribution in [0.2, 0.25) is 0 Å². The van der Waals surface area contributed by atoms with Crippen LogP contribution in [0.5, 0.6) is 11.8 Å². The van der Waals surface area contributed by atoms with Crippen LogP contribution in [0, 0.1) is 30.0 Å². The molecule has 5 rings (SSSR count). The number of benzene rings is 1. The SMILES string of the molecule is Cc1c(-c2cc3cc(OC(=O)NC4CC(C#N)C4)ncc3c(N)c2F)cnc2c1NCCO2. The summed E-state index contributed by atoms with van der Waals surface area (Å²) in [6.07, 6.45) is 3.49. The third kappa shape index (κ3) is 3.71. The minimum atomic E-state index is -0.653. The fourth-order valence-electron chi connectivity index (χ4n) is 4.15. The minimum Gasteiger partial charge on any atom is -0.474 e. The minimum absolute atomic E-state index is 0.0336. The number of nitriles is 1. The Kier molecular flexibility index (Phi) is 5.09. The van der Waals surface area contributed by atoms with Crippen molar-refractivity contribution in [2.24, 2.45) is 5.92 Å². The second-order valence-corrected chi connectivity index (χ2v) is 8.18. The van der Waals surface area contributed by atoms with Gasteiger partial charge in [-0.05, 0) is 36.8 Å². The number of anilines is 2. The van der Waals surface area contributed by atoms with Crippen LogP contribution in [0.1, 0.15) is 18.4 Å². The number of hydrogen-bond acceptors (Lipinski definition) is 8. The number of nitrogens with one attached hydrogen (secondary N) is 2. The molecule has 0 saturated heterocycles. The molecule has 3 heterocycles. The molecule has 1 saturated carbocycles. The number of halogens is 1. The second-order valence-electron chi connectivity index (χ2n) is 8.18. The van der Waals surface area contributed by atoms with E-state index in [1.165, 1.54) is 12.3 Å². The molecule has 1 fully saturated rings. The number of fused-ring (bicyclic) bond motifs is 2. The van der Waals surface area contributed by atoms with E-state index in [-0.39, 0.29) is 29.1 Å². The van der Waals surface area contributed by atoms with Crippen LogP contribution in [0.25, 0.3) is 21.9 Å². The Bertz CT molecular complexity index is 1320. The average molecular weight is 448 g/mol. The molecule has 0 atom stereocenters. The number of pyridine rings is 2. The molecule has 0 bridgehead atoms. The maximum atomic E-state index is 15.2. The molecule has 1 aliphatic carbocycles. The van der Waals surface area contributed by atoms with Crippen LogP contribution >= 0.6 is 0 Å². The van der Waals surface area contributed by atoms with Gasteiger partial charge in [0, 0.05) is 47.6 Å². The zero-order chi connectivity index (χ0) is 23.1. The Balaban J connectivity index is 1.46. The molecule has 2 aromatic heterocycles. The maximum Gasteiger partial charge on any atom is 0.414 e. The Morgan fingerprint density at radius 2 is 2.15 bits per heavy atom. The molecule has 1 amide bonds. The van der Waals surface area contributed by atoms with Crippen LogP contribution < -0.4 is 25.8 Å². The molecule has 0 spiro atoms. The quantitative estimate of drug-likeness (QED) is 0.518. The normalized spacial score (nSPS) is 18.8. The van der Waals surface area contributed by atoms with Gasteiger partial charge in [0.05, 0.1) is 17.7 Å². The number of carbonyl (C=O) groups is 1. The standard InChI is InChI=1S/C23H21FN6O3/c1-11-16(9-29-22-21(11)27-2-3-32-22)15-6-13-7-18(28-10-17(13)20(26)19(15)24)33-23(31)30-14-4-12(5-14)8-25/h6-7,9-10,12,14,27H,2-5,26H2,1H3,(H,30,31). The van der Waals surface area contributed by atoms with Crippen molar-refractivity contribution in [3.8, 4) is 29.0 Å². The van der Waals surface area contributed by atoms with Gasteiger partial charge in [-0.1, -0.05) is 0 Å². The summed E-state index contributed by atoms with van der Waals surface area (Å²) >= 11 is 0. The van der Waals surface area contributed by atoms with Crippen LogP contribution in [-0.4, -0.2) is 35.3 Å². The highest BCUT2D eigenvalue weighted by Crippen LogP contribution is 2.39. The van der Waals surface area contributed by atoms with Gasteiger partial charge in [-0.2, -0.15) is 5.26 Å². The van der Waals surface area contributed by atoms with Gasteiger partial charge in [-0.15, -0.1) is 0 Å². The Morgan fingerprint density at radius 1 is 1.33 bits per heavy atom. The summed E-state index contributed by atoms with van der Waals surface area (Å²) in [5, 5.41) is 15.8. The van der Waals surface area contributed by atoms with Gasteiger partial charge in [-0.25, -0.2) is 19.2 Å². The van der Waals surface area contributed by atoms with E-state index in [1.54, 1.807) is 12.3 Å². The number of hydrogen-bond donors (Lipinski definition) is 3. The molecule has 2 aliphatic rings. The van der Waals surface area contributed by atoms with E-state index in [2.05, 4.69) is 26.7 Å². The van der Waals surface area contributed by atoms with E-state index < -0.39 is 11.9 Å². The summed E-state index contributed by atoms with van der Waals surface area (Å²) < 4.78 is 26.1. The van der Waals surface area contributed by atoms with E-state index in [4.69, 9.17) is 20.5 Å². The molecule has 1 aromatic carbocycles. The van der Waals surface area contributed by atoms with Crippen molar-refractivity contribution in [2.75, 3.05) is 24.2 Å². The first-order chi connectivity index (χ1) is 15.9. The lowest BCUT2D eigenvalue weighted by molar-refractivity contribution is 0.180. The van der Waals surface area contributed by atoms with Gasteiger partial charge in [0.1, 0.15) is 12.3 Å². The zero-order valence-electron chi connectivity index (χ0n) is 17.8. The molecular formula is C23H21FN6O3. The summed E-state index contributed by atoms with van der Waals surface area (Å²) in [5.74, 6) is -0.0680. The van der Waals surface area contributed by atoms with Crippen LogP contribution in [0.15, 0.2) is 24.5 Å². The van der Waals surface area contributed by atoms with Gasteiger partial charge in [0.15, 0.2) is 5.82 Å². The fraction of sp³-hybridized carbons (Fsp3) is 0.304. The molecule has 9 nitrogen and oxygen atoms in total. The van der Waals surface area contributed by atoms with Gasteiger partial charge < -0.3 is 25.8 Å². The van der Waals surface area contributed by atoms with Crippen LogP contribution in [-0.2, 0) is 0 Å². The molecule has 33 heavy (non-hydrogen) atoms. The van der Waals surface area contributed by atoms with Gasteiger partial charge in [-0.3, -0.25) is 0 Å². The molecule has 0 radical (unpaired) electrons. The summed E-state index contributed by atoms with van der Waals surface area (Å²) in [6, 6.07) is 5.25. The van der Waals surface area contributed by atoms with Gasteiger partial charge in [0.2, 0.25) is 11.8 Å². The number of nitrogen functional groups attached to an aromatic ring is 1. The van der Waals surface area contributed by atoms with E-state index in [0.717, 1.165) is 11.3 Å². The van der Waals surface area contributed by atoms with Crippen molar-refractivity contribution in [2.45, 2.75) is 25.8 Å². The largest absolute Gasteiger partial charge is 0.474 e. The summed E-state index contributed by atoms with van der Waals surface area (Å²) in [7, 11) is 0. The first-order valence-electron chi connectivity index (χ1n) is 10.6. The number of aromatic nitrogens is 2. The number of amides is 1. The molecule has 168 valence electrons. The number of nitrogens with two attached hydrogens (primary N) is 1. The topological polar surface area (TPSA) is 135 Å². The highest BCUT2D eigenvalue weighted by molar-refractivity contribution is 5.98. The zero-order valence-corrected chi connectivity index (χ0v) is 17.8. The third-order valence-corrected chi connectivity index (χ3v) is 6.05. The van der Waals surface area contributed by atoms with Crippen molar-refractivity contribution in [1.29, 1.82) is 5.26 Å². The molecule has 3 aromatic rings. The molecular weight excluding hydrogens is 427 g/mol. The van der Waals surface area contributed by atoms with Crippen molar-refractivity contribution >= 4 is 28.2 Å². The fourth-order valence-corrected chi connectivity index (χ4v) is 4.15. The van der Waals surface area contributed by atoms with Crippen molar-refractivity contribution in [3.63, 3.8) is 0 Å². The monoisotopic (exact) mass is 448 g/mol. The van der Waals surface area contributed by atoms with Crippen molar-refractivity contribution < 1.29 is 18.7 Å². The highest BCUT2D eigenvalue weighted by Gasteiger charge is 2.30. The molecule has 0 unspecified atom stereocenters. The lowest BCUT2D eigenvalue weighted by Crippen LogP contribution is -2.45. The average Bonchev–Trinajstić information content (AvgIpc) is 2.79. The molecule has 1 aliphatic heterocycles. The van der Waals surface area contributed by atoms with Crippen LogP contribution in [0.4, 0.5) is 20.6 Å². The summed E-state index contributed by atoms with van der Waals surface area (Å²) in [6.45, 7) is 3.01. The van der Waals surface area contributed by atoms with Crippen molar-refractivity contribution in [3.05, 3.63) is 35.9 Å². The van der Waals surface area contributed by atoms with Gasteiger partial charge >= 0.3 is 6.09 Å². The first kappa shape index (κ1) is 20.8. The smallest absolute Gasteiger partial charge is 0.414 e. The maximum absolute atomic E-state index is 15.2. The van der Waals surface area contributed by atoms with Crippen molar-refractivity contribution in [1.82, 2.24) is 15.3 Å². The molecule has 10 heteroatoms. The Hall–Kier alpha value is -4.13. The predicted molar refractivity (Wildman–Crippen MR) is 119 cm³/mol. The van der Waals surface area contributed by atoms with E-state index >= 15 is 4.39 Å². The number of nitrogens with zero attached hydrogens (tertiary/aromatic N) is 3. The van der Waals surface area contributed by atoms with Gasteiger partial charge in [0.25, 0.3) is 0 Å². The van der Waals surface area contributed by atoms with E-state index in [9.17, 15) is 4.79 Å². The number of carbonyl (C=O) groups excluding carboxylic acids is 1. The highest BCUT2D eigenvalue weighted by atomic mass is 19.1. The molecule has 4 N–H and O–H groups in total. The second kappa shape index (κ2) is 8.09. The van der Waals surface area contributed by atoms with Crippen LogP contribution in [0.3, 0.4) is 0 Å². The Morgan fingerprint density at radius 3 is 2.94 bits per heavy atom.